The molecular formula is C27H21N5O3. The van der Waals surface area contributed by atoms with Crippen molar-refractivity contribution in [3.63, 3.8) is 0 Å². The average molecular weight is 463 g/mol. The van der Waals surface area contributed by atoms with Gasteiger partial charge in [0, 0.05) is 24.1 Å². The molecule has 0 bridgehead atoms. The molecule has 3 aromatic carbocycles. The first-order chi connectivity index (χ1) is 17.1. The van der Waals surface area contributed by atoms with Crippen LogP contribution in [0.25, 0.3) is 5.82 Å². The summed E-state index contributed by atoms with van der Waals surface area (Å²) >= 11 is 0. The highest BCUT2D eigenvalue weighted by Gasteiger charge is 2.13. The number of benzene rings is 3. The second kappa shape index (κ2) is 9.88. The van der Waals surface area contributed by atoms with E-state index >= 15 is 0 Å². The summed E-state index contributed by atoms with van der Waals surface area (Å²) in [5.74, 6) is 2.99. The molecule has 0 aliphatic carbocycles. The van der Waals surface area contributed by atoms with E-state index < -0.39 is 0 Å². The van der Waals surface area contributed by atoms with Gasteiger partial charge in [-0.1, -0.05) is 30.3 Å². The van der Waals surface area contributed by atoms with Crippen molar-refractivity contribution in [2.45, 2.75) is 6.92 Å². The first-order valence-electron chi connectivity index (χ1n) is 10.9. The number of ether oxygens (including phenoxy) is 2. The fourth-order valence-corrected chi connectivity index (χ4v) is 3.38. The van der Waals surface area contributed by atoms with Crippen molar-refractivity contribution in [2.24, 2.45) is 0 Å². The molecule has 172 valence electrons. The van der Waals surface area contributed by atoms with E-state index in [1.165, 1.54) is 0 Å². The van der Waals surface area contributed by atoms with Crippen molar-refractivity contribution in [1.82, 2.24) is 19.7 Å². The number of aromatic nitrogens is 4. The van der Waals surface area contributed by atoms with E-state index in [4.69, 9.17) is 9.47 Å². The van der Waals surface area contributed by atoms with Crippen LogP contribution >= 0.6 is 0 Å². The molecule has 1 amide bonds. The van der Waals surface area contributed by atoms with Crippen molar-refractivity contribution < 1.29 is 14.3 Å². The van der Waals surface area contributed by atoms with Gasteiger partial charge < -0.3 is 14.8 Å². The lowest BCUT2D eigenvalue weighted by molar-refractivity contribution is 0.102. The largest absolute Gasteiger partial charge is 0.457 e. The van der Waals surface area contributed by atoms with Crippen LogP contribution in [0.4, 0.5) is 5.69 Å². The number of nitrogens with zero attached hydrogens (tertiary/aromatic N) is 4. The minimum Gasteiger partial charge on any atom is -0.457 e. The summed E-state index contributed by atoms with van der Waals surface area (Å²) in [6.07, 6.45) is 3.48. The van der Waals surface area contributed by atoms with E-state index in [0.717, 1.165) is 0 Å². The summed E-state index contributed by atoms with van der Waals surface area (Å²) in [6, 6.07) is 27.0. The van der Waals surface area contributed by atoms with E-state index in [1.54, 1.807) is 72.5 Å². The maximum absolute atomic E-state index is 12.9. The monoisotopic (exact) mass is 463 g/mol. The van der Waals surface area contributed by atoms with Crippen molar-refractivity contribution in [1.29, 1.82) is 0 Å². The molecule has 5 rings (SSSR count). The lowest BCUT2D eigenvalue weighted by atomic mass is 10.1. The second-order valence-electron chi connectivity index (χ2n) is 7.55. The summed E-state index contributed by atoms with van der Waals surface area (Å²) in [5, 5.41) is 7.09. The predicted molar refractivity (Wildman–Crippen MR) is 131 cm³/mol. The van der Waals surface area contributed by atoms with E-state index in [0.29, 0.717) is 46.0 Å². The highest BCUT2D eigenvalue weighted by Crippen LogP contribution is 2.27. The lowest BCUT2D eigenvalue weighted by Gasteiger charge is -2.12. The van der Waals surface area contributed by atoms with Crippen LogP contribution in [-0.4, -0.2) is 25.7 Å². The van der Waals surface area contributed by atoms with Gasteiger partial charge in [-0.25, -0.2) is 9.67 Å². The molecule has 8 nitrogen and oxygen atoms in total. The number of carbonyl (C=O) groups excluding carboxylic acids is 1. The lowest BCUT2D eigenvalue weighted by Crippen LogP contribution is -2.12. The van der Waals surface area contributed by atoms with Gasteiger partial charge in [-0.3, -0.25) is 4.79 Å². The zero-order valence-corrected chi connectivity index (χ0v) is 18.8. The van der Waals surface area contributed by atoms with Crippen LogP contribution in [-0.2, 0) is 0 Å². The van der Waals surface area contributed by atoms with Crippen LogP contribution in [0, 0.1) is 6.92 Å². The zero-order chi connectivity index (χ0) is 24.0. The van der Waals surface area contributed by atoms with Crippen molar-refractivity contribution in [3.8, 4) is 28.9 Å². The topological polar surface area (TPSA) is 91.2 Å². The molecule has 0 atom stereocenters. The summed E-state index contributed by atoms with van der Waals surface area (Å²) in [6.45, 7) is 1.79. The number of para-hydroxylation sites is 2. The van der Waals surface area contributed by atoms with Gasteiger partial charge in [0.25, 0.3) is 5.91 Å². The molecule has 0 spiro atoms. The Labute approximate surface area is 201 Å². The number of anilines is 1. The Morgan fingerprint density at radius 3 is 2.34 bits per heavy atom. The van der Waals surface area contributed by atoms with E-state index in [1.807, 2.05) is 42.5 Å². The summed E-state index contributed by atoms with van der Waals surface area (Å²) in [7, 11) is 0. The Kier molecular flexibility index (Phi) is 6.17. The van der Waals surface area contributed by atoms with Gasteiger partial charge >= 0.3 is 0 Å². The third-order valence-corrected chi connectivity index (χ3v) is 4.98. The van der Waals surface area contributed by atoms with Gasteiger partial charge in [0.2, 0.25) is 5.88 Å². The SMILES string of the molecule is Cc1nc(Oc2ccc(NC(=O)c3ccccc3Oc3ccccc3)cc2)cc(-n2cccn2)n1. The number of nitrogens with one attached hydrogen (secondary N) is 1. The van der Waals surface area contributed by atoms with Crippen LogP contribution in [0.3, 0.4) is 0 Å². The van der Waals surface area contributed by atoms with Crippen molar-refractivity contribution >= 4 is 11.6 Å². The molecule has 0 saturated heterocycles. The van der Waals surface area contributed by atoms with Gasteiger partial charge in [0.15, 0.2) is 5.82 Å². The summed E-state index contributed by atoms with van der Waals surface area (Å²) < 4.78 is 13.4. The average Bonchev–Trinajstić information content (AvgIpc) is 3.41. The molecule has 2 heterocycles. The maximum atomic E-state index is 12.9. The Morgan fingerprint density at radius 1 is 0.829 bits per heavy atom. The highest BCUT2D eigenvalue weighted by atomic mass is 16.5. The fraction of sp³-hybridized carbons (Fsp3) is 0.0370. The summed E-state index contributed by atoms with van der Waals surface area (Å²) in [4.78, 5) is 21.7. The molecule has 5 aromatic rings. The molecule has 35 heavy (non-hydrogen) atoms. The number of carbonyl (C=O) groups is 1. The van der Waals surface area contributed by atoms with Crippen LogP contribution in [0.15, 0.2) is 103 Å². The van der Waals surface area contributed by atoms with Gasteiger partial charge in [0.1, 0.15) is 23.1 Å². The highest BCUT2D eigenvalue weighted by molar-refractivity contribution is 6.06. The zero-order valence-electron chi connectivity index (χ0n) is 18.8. The first-order valence-corrected chi connectivity index (χ1v) is 10.9. The normalized spacial score (nSPS) is 10.5. The minimum atomic E-state index is -0.277. The van der Waals surface area contributed by atoms with Gasteiger partial charge in [-0.05, 0) is 61.5 Å². The molecular weight excluding hydrogens is 442 g/mol. The number of hydrogen-bond donors (Lipinski definition) is 1. The molecule has 0 fully saturated rings. The quantitative estimate of drug-likeness (QED) is 0.328. The molecule has 0 unspecified atom stereocenters. The van der Waals surface area contributed by atoms with Crippen LogP contribution in [0.2, 0.25) is 0 Å². The third-order valence-electron chi connectivity index (χ3n) is 4.98. The standard InChI is InChI=1S/C27H21N5O3/c1-19-29-25(32-17-7-16-28-32)18-26(30-19)35-22-14-12-20(13-15-22)31-27(33)23-10-5-6-11-24(23)34-21-8-3-2-4-9-21/h2-18H,1H3,(H,31,33). The van der Waals surface area contributed by atoms with Crippen LogP contribution in [0.1, 0.15) is 16.2 Å². The Hall–Kier alpha value is -4.98. The molecule has 8 heteroatoms. The van der Waals surface area contributed by atoms with Gasteiger partial charge in [-0.15, -0.1) is 0 Å². The Bertz CT molecular complexity index is 1440. The summed E-state index contributed by atoms with van der Waals surface area (Å²) in [5.41, 5.74) is 1.05. The Morgan fingerprint density at radius 2 is 1.57 bits per heavy atom. The molecule has 0 aliphatic rings. The third kappa shape index (κ3) is 5.33. The van der Waals surface area contributed by atoms with Crippen LogP contribution in [0.5, 0.6) is 23.1 Å². The molecule has 2 aromatic heterocycles. The number of amides is 1. The molecule has 0 aliphatic heterocycles. The number of hydrogen-bond acceptors (Lipinski definition) is 6. The smallest absolute Gasteiger partial charge is 0.259 e. The number of rotatable bonds is 7. The van der Waals surface area contributed by atoms with E-state index in [9.17, 15) is 4.79 Å². The van der Waals surface area contributed by atoms with Crippen molar-refractivity contribution in [2.75, 3.05) is 5.32 Å². The Balaban J connectivity index is 1.28. The number of aryl methyl sites for hydroxylation is 1. The van der Waals surface area contributed by atoms with Crippen LogP contribution < -0.4 is 14.8 Å². The molecule has 1 N–H and O–H groups in total. The van der Waals surface area contributed by atoms with E-state index in [2.05, 4.69) is 20.4 Å². The predicted octanol–water partition coefficient (Wildman–Crippen LogP) is 5.81. The van der Waals surface area contributed by atoms with Crippen molar-refractivity contribution in [3.05, 3.63) is 115 Å². The molecule has 0 radical (unpaired) electrons. The fourth-order valence-electron chi connectivity index (χ4n) is 3.38. The maximum Gasteiger partial charge on any atom is 0.259 e. The first kappa shape index (κ1) is 21.8. The second-order valence-corrected chi connectivity index (χ2v) is 7.55. The minimum absolute atomic E-state index is 0.277. The molecule has 0 saturated carbocycles. The van der Waals surface area contributed by atoms with Gasteiger partial charge in [-0.2, -0.15) is 10.1 Å². The van der Waals surface area contributed by atoms with E-state index in [-0.39, 0.29) is 5.91 Å². The van der Waals surface area contributed by atoms with Gasteiger partial charge in [0.05, 0.1) is 5.56 Å².